The zero-order chi connectivity index (χ0) is 9.80. The lowest BCUT2D eigenvalue weighted by molar-refractivity contribution is 0.861. The highest BCUT2D eigenvalue weighted by atomic mass is 32.2. The van der Waals surface area contributed by atoms with E-state index in [0.717, 1.165) is 36.1 Å². The van der Waals surface area contributed by atoms with Crippen molar-refractivity contribution >= 4 is 28.3 Å². The molecule has 0 atom stereocenters. The average Bonchev–Trinajstić information content (AvgIpc) is 2.77. The fourth-order valence-electron chi connectivity index (χ4n) is 1.24. The Bertz CT molecular complexity index is 333. The quantitative estimate of drug-likeness (QED) is 0.854. The molecule has 3 nitrogen and oxygen atoms in total. The summed E-state index contributed by atoms with van der Waals surface area (Å²) in [6.45, 7) is 3.94. The first-order valence-electron chi connectivity index (χ1n) is 4.67. The van der Waals surface area contributed by atoms with E-state index < -0.39 is 0 Å². The number of nitrogens with zero attached hydrogens (tertiary/aromatic N) is 2. The van der Waals surface area contributed by atoms with Crippen LogP contribution in [-0.2, 0) is 6.42 Å². The summed E-state index contributed by atoms with van der Waals surface area (Å²) in [4.78, 5) is 8.73. The van der Waals surface area contributed by atoms with Crippen LogP contribution in [0.4, 0.5) is 0 Å². The second-order valence-electron chi connectivity index (χ2n) is 3.09. The summed E-state index contributed by atoms with van der Waals surface area (Å²) >= 11 is 3.54. The summed E-state index contributed by atoms with van der Waals surface area (Å²) < 4.78 is 0. The average molecular weight is 227 g/mol. The van der Waals surface area contributed by atoms with Gasteiger partial charge in [0.25, 0.3) is 0 Å². The third-order valence-electron chi connectivity index (χ3n) is 1.87. The molecule has 0 aliphatic carbocycles. The molecule has 0 unspecified atom stereocenters. The number of nitrogens with one attached hydrogen (secondary N) is 1. The number of thioether (sulfide) groups is 1. The maximum absolute atomic E-state index is 4.41. The van der Waals surface area contributed by atoms with Gasteiger partial charge in [-0.05, 0) is 6.92 Å². The molecule has 0 amide bonds. The Morgan fingerprint density at radius 2 is 2.50 bits per heavy atom. The summed E-state index contributed by atoms with van der Waals surface area (Å²) in [6, 6.07) is 0. The summed E-state index contributed by atoms with van der Waals surface area (Å²) in [5.41, 5.74) is 1.12. The Balaban J connectivity index is 1.72. The topological polar surface area (TPSA) is 37.3 Å². The maximum Gasteiger partial charge on any atom is 0.156 e. The lowest BCUT2D eigenvalue weighted by atomic mass is 10.4. The molecule has 1 N–H and O–H groups in total. The van der Waals surface area contributed by atoms with E-state index in [4.69, 9.17) is 0 Å². The van der Waals surface area contributed by atoms with Crippen LogP contribution in [0, 0.1) is 6.92 Å². The molecule has 0 saturated heterocycles. The Morgan fingerprint density at radius 1 is 1.57 bits per heavy atom. The minimum atomic E-state index is 0.943. The largest absolute Gasteiger partial charge is 0.365 e. The number of aliphatic imine (C=N–C) groups is 1. The van der Waals surface area contributed by atoms with Crippen LogP contribution in [0.25, 0.3) is 0 Å². The van der Waals surface area contributed by atoms with Gasteiger partial charge in [0.2, 0.25) is 0 Å². The molecule has 0 fully saturated rings. The molecule has 0 spiro atoms. The lowest BCUT2D eigenvalue weighted by Gasteiger charge is -2.02. The Hall–Kier alpha value is -0.550. The molecule has 0 radical (unpaired) electrons. The van der Waals surface area contributed by atoms with Crippen LogP contribution in [0.2, 0.25) is 0 Å². The summed E-state index contributed by atoms with van der Waals surface area (Å²) in [5, 5.41) is 7.72. The first kappa shape index (κ1) is 9.98. The van der Waals surface area contributed by atoms with Gasteiger partial charge in [0, 0.05) is 29.8 Å². The van der Waals surface area contributed by atoms with Crippen LogP contribution in [0.1, 0.15) is 10.7 Å². The number of aryl methyl sites for hydroxylation is 1. The van der Waals surface area contributed by atoms with Crippen molar-refractivity contribution in [2.75, 3.05) is 18.8 Å². The van der Waals surface area contributed by atoms with Crippen LogP contribution in [0.3, 0.4) is 0 Å². The van der Waals surface area contributed by atoms with Gasteiger partial charge < -0.3 is 5.32 Å². The summed E-state index contributed by atoms with van der Waals surface area (Å²) in [6.07, 6.45) is 0.998. The van der Waals surface area contributed by atoms with Crippen molar-refractivity contribution in [3.8, 4) is 0 Å². The summed E-state index contributed by atoms with van der Waals surface area (Å²) in [5.74, 6) is 1.12. The number of hydrogen-bond acceptors (Lipinski definition) is 5. The number of aromatic nitrogens is 1. The van der Waals surface area contributed by atoms with Crippen molar-refractivity contribution < 1.29 is 0 Å². The molecule has 1 aromatic heterocycles. The van der Waals surface area contributed by atoms with Crippen LogP contribution in [-0.4, -0.2) is 29.0 Å². The van der Waals surface area contributed by atoms with Gasteiger partial charge in [-0.1, -0.05) is 11.8 Å². The predicted molar refractivity (Wildman–Crippen MR) is 63.3 cm³/mol. The zero-order valence-electron chi connectivity index (χ0n) is 8.12. The minimum Gasteiger partial charge on any atom is -0.365 e. The van der Waals surface area contributed by atoms with Crippen molar-refractivity contribution in [1.29, 1.82) is 0 Å². The Labute approximate surface area is 92.0 Å². The first-order chi connectivity index (χ1) is 6.84. The molecular formula is C9H13N3S2. The SMILES string of the molecule is Cc1csc(CCNC2=NCCS2)n1. The van der Waals surface area contributed by atoms with Gasteiger partial charge in [0.1, 0.15) is 0 Å². The number of rotatable bonds is 3. The molecule has 0 bridgehead atoms. The second-order valence-corrected chi connectivity index (χ2v) is 5.12. The van der Waals surface area contributed by atoms with Gasteiger partial charge in [0.05, 0.1) is 11.6 Å². The van der Waals surface area contributed by atoms with Gasteiger partial charge in [-0.25, -0.2) is 4.98 Å². The zero-order valence-corrected chi connectivity index (χ0v) is 9.75. The Kier molecular flexibility index (Phi) is 3.42. The van der Waals surface area contributed by atoms with Gasteiger partial charge in [0.15, 0.2) is 5.17 Å². The molecule has 5 heteroatoms. The highest BCUT2D eigenvalue weighted by molar-refractivity contribution is 8.14. The molecule has 1 aliphatic rings. The van der Waals surface area contributed by atoms with Crippen molar-refractivity contribution in [2.45, 2.75) is 13.3 Å². The van der Waals surface area contributed by atoms with E-state index in [-0.39, 0.29) is 0 Å². The van der Waals surface area contributed by atoms with Crippen LogP contribution < -0.4 is 5.32 Å². The van der Waals surface area contributed by atoms with E-state index in [1.54, 1.807) is 23.1 Å². The molecule has 76 valence electrons. The highest BCUT2D eigenvalue weighted by Crippen LogP contribution is 2.10. The second kappa shape index (κ2) is 4.79. The van der Waals surface area contributed by atoms with Crippen LogP contribution in [0.5, 0.6) is 0 Å². The van der Waals surface area contributed by atoms with E-state index in [1.165, 1.54) is 5.01 Å². The molecule has 2 rings (SSSR count). The van der Waals surface area contributed by atoms with E-state index >= 15 is 0 Å². The molecule has 1 aliphatic heterocycles. The number of amidine groups is 1. The molecular weight excluding hydrogens is 214 g/mol. The molecule has 0 aromatic carbocycles. The monoisotopic (exact) mass is 227 g/mol. The normalized spacial score (nSPS) is 15.6. The fourth-order valence-corrected chi connectivity index (χ4v) is 2.77. The smallest absolute Gasteiger partial charge is 0.156 e. The molecule has 0 saturated carbocycles. The van der Waals surface area contributed by atoms with E-state index in [1.807, 2.05) is 6.92 Å². The van der Waals surface area contributed by atoms with Gasteiger partial charge in [-0.3, -0.25) is 4.99 Å². The van der Waals surface area contributed by atoms with Crippen molar-refractivity contribution in [3.05, 3.63) is 16.1 Å². The molecule has 2 heterocycles. The third-order valence-corrected chi connectivity index (χ3v) is 3.83. The number of thiazole rings is 1. The van der Waals surface area contributed by atoms with E-state index in [0.29, 0.717) is 0 Å². The van der Waals surface area contributed by atoms with Gasteiger partial charge in [-0.2, -0.15) is 0 Å². The van der Waals surface area contributed by atoms with Crippen molar-refractivity contribution in [2.24, 2.45) is 4.99 Å². The minimum absolute atomic E-state index is 0.943. The van der Waals surface area contributed by atoms with E-state index in [2.05, 4.69) is 20.7 Å². The fraction of sp³-hybridized carbons (Fsp3) is 0.556. The molecule has 14 heavy (non-hydrogen) atoms. The van der Waals surface area contributed by atoms with Gasteiger partial charge >= 0.3 is 0 Å². The third kappa shape index (κ3) is 2.72. The first-order valence-corrected chi connectivity index (χ1v) is 6.53. The van der Waals surface area contributed by atoms with E-state index in [9.17, 15) is 0 Å². The predicted octanol–water partition coefficient (Wildman–Crippen LogP) is 1.69. The molecule has 1 aromatic rings. The summed E-state index contributed by atoms with van der Waals surface area (Å²) in [7, 11) is 0. The lowest BCUT2D eigenvalue weighted by Crippen LogP contribution is -2.21. The standard InChI is InChI=1S/C9H13N3S2/c1-7-6-14-8(12-7)2-3-10-9-11-4-5-13-9/h6H,2-5H2,1H3,(H,10,11). The van der Waals surface area contributed by atoms with Crippen molar-refractivity contribution in [3.63, 3.8) is 0 Å². The maximum atomic E-state index is 4.41. The van der Waals surface area contributed by atoms with Gasteiger partial charge in [-0.15, -0.1) is 11.3 Å². The number of hydrogen-bond donors (Lipinski definition) is 1. The van der Waals surface area contributed by atoms with Crippen molar-refractivity contribution in [1.82, 2.24) is 10.3 Å². The van der Waals surface area contributed by atoms with Crippen LogP contribution in [0.15, 0.2) is 10.4 Å². The highest BCUT2D eigenvalue weighted by Gasteiger charge is 2.05. The van der Waals surface area contributed by atoms with Crippen LogP contribution >= 0.6 is 23.1 Å². The Morgan fingerprint density at radius 3 is 3.14 bits per heavy atom.